The molecule has 29 heavy (non-hydrogen) atoms. The Morgan fingerprint density at radius 3 is 2.14 bits per heavy atom. The minimum Gasteiger partial charge on any atom is -0.480 e. The van der Waals surface area contributed by atoms with Gasteiger partial charge in [-0.05, 0) is 12.0 Å². The van der Waals surface area contributed by atoms with Crippen molar-refractivity contribution in [3.63, 3.8) is 0 Å². The molecule has 0 aliphatic carbocycles. The third kappa shape index (κ3) is 8.42. The van der Waals surface area contributed by atoms with Crippen LogP contribution in [0.5, 0.6) is 0 Å². The molecule has 2 unspecified atom stereocenters. The third-order valence-corrected chi connectivity index (χ3v) is 5.76. The molecule has 0 saturated heterocycles. The smallest absolute Gasteiger partial charge is 0.330 e. The summed E-state index contributed by atoms with van der Waals surface area (Å²) in [5.41, 5.74) is -1.42. The van der Waals surface area contributed by atoms with Crippen molar-refractivity contribution in [1.29, 1.82) is 0 Å². The van der Waals surface area contributed by atoms with Gasteiger partial charge in [0.1, 0.15) is 0 Å². The first kappa shape index (κ1) is 25.6. The molecule has 0 aromatic heterocycles. The fraction of sp³-hybridized carbons (Fsp3) is 0.667. The average molecular weight is 429 g/mol. The van der Waals surface area contributed by atoms with E-state index in [2.05, 4.69) is 11.6 Å². The zero-order valence-electron chi connectivity index (χ0n) is 18.2. The van der Waals surface area contributed by atoms with Gasteiger partial charge in [-0.15, -0.1) is 0 Å². The summed E-state index contributed by atoms with van der Waals surface area (Å²) >= 11 is 0. The SMILES string of the molecule is CCCCCCCCC(C[N+](C)(C)C)C(NS(N)(=O)=O)(C(=O)O)c1ccccc1. The number of hydrogen-bond donors (Lipinski definition) is 3. The second kappa shape index (κ2) is 11.1. The molecule has 0 aliphatic heterocycles. The van der Waals surface area contributed by atoms with Crippen molar-refractivity contribution in [3.8, 4) is 0 Å². The third-order valence-electron chi connectivity index (χ3n) is 5.16. The second-order valence-corrected chi connectivity index (χ2v) is 10.1. The standard InChI is InChI=1S/C21H37N3O4S/c1-5-6-7-8-9-11-16-19(17-24(2,3)4)21(20(25)26,23-29(22,27)28)18-14-12-10-13-15-18/h10,12-15,19,23H,5-9,11,16-17H2,1-4H3,(H2-,22,25,26,27,28)/p+1. The molecule has 7 nitrogen and oxygen atoms in total. The van der Waals surface area contributed by atoms with Crippen LogP contribution in [0.1, 0.15) is 57.4 Å². The number of nitrogens with two attached hydrogens (primary N) is 1. The predicted octanol–water partition coefficient (Wildman–Crippen LogP) is 2.83. The molecule has 0 bridgehead atoms. The van der Waals surface area contributed by atoms with Crippen molar-refractivity contribution >= 4 is 16.2 Å². The summed E-state index contributed by atoms with van der Waals surface area (Å²) in [5.74, 6) is -1.70. The van der Waals surface area contributed by atoms with E-state index in [4.69, 9.17) is 5.14 Å². The molecule has 0 spiro atoms. The lowest BCUT2D eigenvalue weighted by molar-refractivity contribution is -0.874. The van der Waals surface area contributed by atoms with E-state index < -0.39 is 27.6 Å². The minimum absolute atomic E-state index is 0.394. The number of hydrogen-bond acceptors (Lipinski definition) is 3. The van der Waals surface area contributed by atoms with Gasteiger partial charge in [-0.2, -0.15) is 13.1 Å². The average Bonchev–Trinajstić information content (AvgIpc) is 2.60. The lowest BCUT2D eigenvalue weighted by Crippen LogP contribution is -2.61. The first-order valence-electron chi connectivity index (χ1n) is 10.3. The molecule has 1 aromatic rings. The van der Waals surface area contributed by atoms with Crippen molar-refractivity contribution in [3.05, 3.63) is 35.9 Å². The van der Waals surface area contributed by atoms with Crippen LogP contribution >= 0.6 is 0 Å². The van der Waals surface area contributed by atoms with E-state index in [0.29, 0.717) is 23.0 Å². The maximum Gasteiger partial charge on any atom is 0.330 e. The van der Waals surface area contributed by atoms with E-state index in [1.165, 1.54) is 12.8 Å². The number of carboxylic acid groups (broad SMARTS) is 1. The van der Waals surface area contributed by atoms with Crippen LogP contribution in [-0.2, 0) is 20.5 Å². The Kier molecular flexibility index (Phi) is 9.75. The zero-order valence-corrected chi connectivity index (χ0v) is 19.0. The lowest BCUT2D eigenvalue weighted by atomic mass is 9.75. The second-order valence-electron chi connectivity index (χ2n) is 8.85. The van der Waals surface area contributed by atoms with Crippen molar-refractivity contribution in [2.45, 2.75) is 57.4 Å². The maximum absolute atomic E-state index is 12.6. The number of aliphatic carboxylic acids is 1. The quantitative estimate of drug-likeness (QED) is 0.313. The van der Waals surface area contributed by atoms with E-state index in [1.807, 2.05) is 21.1 Å². The summed E-state index contributed by atoms with van der Waals surface area (Å²) in [7, 11) is 1.67. The van der Waals surface area contributed by atoms with Crippen LogP contribution in [0.25, 0.3) is 0 Å². The molecular formula is C21H38N3O4S+. The normalized spacial score (nSPS) is 15.6. The van der Waals surface area contributed by atoms with E-state index in [0.717, 1.165) is 25.7 Å². The van der Waals surface area contributed by atoms with Gasteiger partial charge in [0.2, 0.25) is 0 Å². The summed E-state index contributed by atoms with van der Waals surface area (Å²) in [6, 6.07) is 8.50. The Morgan fingerprint density at radius 2 is 1.66 bits per heavy atom. The molecule has 0 saturated carbocycles. The topological polar surface area (TPSA) is 109 Å². The summed E-state index contributed by atoms with van der Waals surface area (Å²) in [5, 5.41) is 15.6. The number of rotatable bonds is 14. The van der Waals surface area contributed by atoms with Crippen LogP contribution in [0.4, 0.5) is 0 Å². The highest BCUT2D eigenvalue weighted by atomic mass is 32.2. The molecule has 0 amide bonds. The summed E-state index contributed by atoms with van der Waals surface area (Å²) < 4.78 is 26.9. The van der Waals surface area contributed by atoms with Crippen LogP contribution in [-0.4, -0.2) is 51.7 Å². The molecular weight excluding hydrogens is 390 g/mol. The van der Waals surface area contributed by atoms with Gasteiger partial charge in [0.15, 0.2) is 5.54 Å². The van der Waals surface area contributed by atoms with Crippen molar-refractivity contribution in [1.82, 2.24) is 4.72 Å². The van der Waals surface area contributed by atoms with Gasteiger partial charge < -0.3 is 9.59 Å². The highest BCUT2D eigenvalue weighted by Crippen LogP contribution is 2.36. The molecule has 0 aliphatic rings. The Hall–Kier alpha value is -1.48. The summed E-state index contributed by atoms with van der Waals surface area (Å²) in [4.78, 5) is 12.6. The first-order chi connectivity index (χ1) is 13.4. The van der Waals surface area contributed by atoms with Gasteiger partial charge in [-0.25, -0.2) is 9.93 Å². The van der Waals surface area contributed by atoms with Crippen LogP contribution in [0.15, 0.2) is 30.3 Å². The van der Waals surface area contributed by atoms with Crippen molar-refractivity contribution in [2.24, 2.45) is 11.1 Å². The van der Waals surface area contributed by atoms with Crippen LogP contribution < -0.4 is 9.86 Å². The van der Waals surface area contributed by atoms with E-state index in [-0.39, 0.29) is 0 Å². The van der Waals surface area contributed by atoms with Crippen LogP contribution in [0.3, 0.4) is 0 Å². The molecule has 2 atom stereocenters. The van der Waals surface area contributed by atoms with Gasteiger partial charge in [0, 0.05) is 5.92 Å². The maximum atomic E-state index is 12.6. The molecule has 1 aromatic carbocycles. The number of unbranched alkanes of at least 4 members (excludes halogenated alkanes) is 5. The number of quaternary nitrogens is 1. The highest BCUT2D eigenvalue weighted by molar-refractivity contribution is 7.87. The van der Waals surface area contributed by atoms with Crippen LogP contribution in [0, 0.1) is 5.92 Å². The van der Waals surface area contributed by atoms with Gasteiger partial charge >= 0.3 is 5.97 Å². The summed E-state index contributed by atoms with van der Waals surface area (Å²) in [6.45, 7) is 2.65. The molecule has 4 N–H and O–H groups in total. The molecule has 166 valence electrons. The molecule has 0 heterocycles. The van der Waals surface area contributed by atoms with Gasteiger partial charge in [-0.3, -0.25) is 0 Å². The zero-order chi connectivity index (χ0) is 22.1. The van der Waals surface area contributed by atoms with E-state index in [9.17, 15) is 18.3 Å². The van der Waals surface area contributed by atoms with Crippen molar-refractivity contribution in [2.75, 3.05) is 27.7 Å². The fourth-order valence-corrected chi connectivity index (χ4v) is 4.74. The lowest BCUT2D eigenvalue weighted by Gasteiger charge is -2.40. The Labute approximate surface area is 176 Å². The highest BCUT2D eigenvalue weighted by Gasteiger charge is 2.51. The molecule has 0 fully saturated rings. The van der Waals surface area contributed by atoms with Crippen LogP contribution in [0.2, 0.25) is 0 Å². The summed E-state index contributed by atoms with van der Waals surface area (Å²) in [6.07, 6.45) is 7.03. The van der Waals surface area contributed by atoms with E-state index >= 15 is 0 Å². The molecule has 8 heteroatoms. The number of carbonyl (C=O) groups is 1. The number of nitrogens with one attached hydrogen (secondary N) is 1. The minimum atomic E-state index is -4.26. The van der Waals surface area contributed by atoms with E-state index in [1.54, 1.807) is 30.3 Å². The fourth-order valence-electron chi connectivity index (χ4n) is 3.92. The van der Waals surface area contributed by atoms with Gasteiger partial charge in [0.05, 0.1) is 27.7 Å². The van der Waals surface area contributed by atoms with Gasteiger partial charge in [0.25, 0.3) is 10.2 Å². The monoisotopic (exact) mass is 428 g/mol. The number of nitrogens with zero attached hydrogens (tertiary/aromatic N) is 1. The first-order valence-corrected chi connectivity index (χ1v) is 11.9. The number of benzene rings is 1. The predicted molar refractivity (Wildman–Crippen MR) is 116 cm³/mol. The Bertz CT molecular complexity index is 732. The Morgan fingerprint density at radius 1 is 1.10 bits per heavy atom. The molecule has 0 radical (unpaired) electrons. The Balaban J connectivity index is 3.32. The number of carboxylic acids is 1. The van der Waals surface area contributed by atoms with Gasteiger partial charge in [-0.1, -0.05) is 75.8 Å². The molecule has 1 rings (SSSR count). The van der Waals surface area contributed by atoms with Crippen molar-refractivity contribution < 1.29 is 22.8 Å². The largest absolute Gasteiger partial charge is 0.480 e.